The van der Waals surface area contributed by atoms with Crippen LogP contribution in [0.15, 0.2) is 22.7 Å². The third kappa shape index (κ3) is 1.22. The highest BCUT2D eigenvalue weighted by Crippen LogP contribution is 2.42. The van der Waals surface area contributed by atoms with Gasteiger partial charge in [-0.15, -0.1) is 0 Å². The molecule has 0 unspecified atom stereocenters. The zero-order valence-corrected chi connectivity index (χ0v) is 7.71. The zero-order valence-electron chi connectivity index (χ0n) is 6.96. The highest BCUT2D eigenvalue weighted by molar-refractivity contribution is 6.31. The van der Waals surface area contributed by atoms with E-state index in [-0.39, 0.29) is 0 Å². The maximum Gasteiger partial charge on any atom is 0.226 e. The van der Waals surface area contributed by atoms with Crippen molar-refractivity contribution in [1.82, 2.24) is 4.98 Å². The van der Waals surface area contributed by atoms with Crippen LogP contribution in [0.3, 0.4) is 0 Å². The summed E-state index contributed by atoms with van der Waals surface area (Å²) in [5, 5.41) is 1.67. The first kappa shape index (κ1) is 7.39. The molecule has 2 aromatic rings. The van der Waals surface area contributed by atoms with E-state index in [1.807, 2.05) is 12.1 Å². The van der Waals surface area contributed by atoms with E-state index in [1.54, 1.807) is 6.20 Å². The largest absolute Gasteiger partial charge is 0.442 e. The molecule has 0 spiro atoms. The molecule has 13 heavy (non-hydrogen) atoms. The Bertz CT molecular complexity index is 459. The van der Waals surface area contributed by atoms with Crippen molar-refractivity contribution < 1.29 is 4.42 Å². The summed E-state index contributed by atoms with van der Waals surface area (Å²) in [5.41, 5.74) is 0.700. The van der Waals surface area contributed by atoms with E-state index in [9.17, 15) is 0 Å². The smallest absolute Gasteiger partial charge is 0.226 e. The Morgan fingerprint density at radius 1 is 1.38 bits per heavy atom. The van der Waals surface area contributed by atoms with Crippen molar-refractivity contribution in [3.05, 3.63) is 29.1 Å². The third-order valence-electron chi connectivity index (χ3n) is 2.34. The van der Waals surface area contributed by atoms with Crippen molar-refractivity contribution in [2.24, 2.45) is 0 Å². The van der Waals surface area contributed by atoms with Gasteiger partial charge in [0.05, 0.1) is 5.02 Å². The normalized spacial score (nSPS) is 16.7. The van der Waals surface area contributed by atoms with Gasteiger partial charge in [-0.2, -0.15) is 0 Å². The van der Waals surface area contributed by atoms with Gasteiger partial charge in [-0.1, -0.05) is 11.6 Å². The molecule has 1 saturated carbocycles. The first-order valence-corrected chi connectivity index (χ1v) is 4.76. The highest BCUT2D eigenvalue weighted by Gasteiger charge is 2.27. The number of nitrogens with zero attached hydrogens (tertiary/aromatic N) is 1. The molecule has 2 heterocycles. The Kier molecular flexibility index (Phi) is 1.41. The van der Waals surface area contributed by atoms with Crippen molar-refractivity contribution >= 4 is 22.7 Å². The lowest BCUT2D eigenvalue weighted by Crippen LogP contribution is -1.70. The van der Waals surface area contributed by atoms with Gasteiger partial charge in [0.15, 0.2) is 0 Å². The molecule has 0 radical (unpaired) electrons. The first-order chi connectivity index (χ1) is 6.33. The lowest BCUT2D eigenvalue weighted by atomic mass is 10.3. The lowest BCUT2D eigenvalue weighted by Gasteiger charge is -1.87. The molecule has 0 aliphatic heterocycles. The maximum absolute atomic E-state index is 5.82. The molecule has 1 aliphatic carbocycles. The molecule has 0 bridgehead atoms. The summed E-state index contributed by atoms with van der Waals surface area (Å²) in [5.74, 6) is 1.69. The zero-order chi connectivity index (χ0) is 8.84. The van der Waals surface area contributed by atoms with Gasteiger partial charge in [0, 0.05) is 17.5 Å². The van der Waals surface area contributed by atoms with Crippen molar-refractivity contribution in [3.63, 3.8) is 0 Å². The van der Waals surface area contributed by atoms with Crippen LogP contribution in [0.25, 0.3) is 11.1 Å². The molecule has 0 aromatic carbocycles. The van der Waals surface area contributed by atoms with Crippen LogP contribution in [0.4, 0.5) is 0 Å². The summed E-state index contributed by atoms with van der Waals surface area (Å²) >= 11 is 5.82. The third-order valence-corrected chi connectivity index (χ3v) is 2.54. The van der Waals surface area contributed by atoms with Gasteiger partial charge >= 0.3 is 0 Å². The molecular weight excluding hydrogens is 186 g/mol. The van der Waals surface area contributed by atoms with E-state index >= 15 is 0 Å². The quantitative estimate of drug-likeness (QED) is 0.694. The second kappa shape index (κ2) is 2.48. The standard InChI is InChI=1S/C10H8ClNO/c11-8-3-7-4-9(6-1-2-6)13-10(7)12-5-8/h3-6H,1-2H2. The van der Waals surface area contributed by atoms with Gasteiger partial charge in [0.2, 0.25) is 5.71 Å². The average molecular weight is 194 g/mol. The van der Waals surface area contributed by atoms with E-state index in [0.29, 0.717) is 16.7 Å². The fraction of sp³-hybridized carbons (Fsp3) is 0.300. The van der Waals surface area contributed by atoms with Crippen LogP contribution in [0.1, 0.15) is 24.5 Å². The first-order valence-electron chi connectivity index (χ1n) is 4.38. The predicted octanol–water partition coefficient (Wildman–Crippen LogP) is 3.36. The summed E-state index contributed by atoms with van der Waals surface area (Å²) in [4.78, 5) is 4.11. The molecule has 3 heteroatoms. The minimum absolute atomic E-state index is 0.632. The van der Waals surface area contributed by atoms with Crippen LogP contribution in [-0.4, -0.2) is 4.98 Å². The number of hydrogen-bond acceptors (Lipinski definition) is 2. The summed E-state index contributed by atoms with van der Waals surface area (Å²) in [6, 6.07) is 3.94. The predicted molar refractivity (Wildman–Crippen MR) is 51.0 cm³/mol. The summed E-state index contributed by atoms with van der Waals surface area (Å²) in [7, 11) is 0. The monoisotopic (exact) mass is 193 g/mol. The van der Waals surface area contributed by atoms with Crippen molar-refractivity contribution in [2.75, 3.05) is 0 Å². The number of aromatic nitrogens is 1. The molecule has 2 aromatic heterocycles. The van der Waals surface area contributed by atoms with Gasteiger partial charge in [-0.05, 0) is 25.0 Å². The van der Waals surface area contributed by atoms with Crippen molar-refractivity contribution in [3.8, 4) is 0 Å². The Labute approximate surface area is 80.5 Å². The van der Waals surface area contributed by atoms with Gasteiger partial charge in [0.1, 0.15) is 5.76 Å². The van der Waals surface area contributed by atoms with Gasteiger partial charge in [-0.3, -0.25) is 0 Å². The molecule has 0 atom stereocenters. The van der Waals surface area contributed by atoms with E-state index in [1.165, 1.54) is 12.8 Å². The van der Waals surface area contributed by atoms with Gasteiger partial charge in [-0.25, -0.2) is 4.98 Å². The molecule has 3 rings (SSSR count). The second-order valence-corrected chi connectivity index (χ2v) is 3.91. The number of hydrogen-bond donors (Lipinski definition) is 0. The number of pyridine rings is 1. The van der Waals surface area contributed by atoms with E-state index in [0.717, 1.165) is 11.1 Å². The molecule has 1 aliphatic rings. The molecule has 0 saturated heterocycles. The van der Waals surface area contributed by atoms with E-state index in [2.05, 4.69) is 4.98 Å². The number of rotatable bonds is 1. The maximum atomic E-state index is 5.82. The minimum Gasteiger partial charge on any atom is -0.442 e. The fourth-order valence-electron chi connectivity index (χ4n) is 1.49. The van der Waals surface area contributed by atoms with Crippen molar-refractivity contribution in [2.45, 2.75) is 18.8 Å². The topological polar surface area (TPSA) is 26.0 Å². The Hall–Kier alpha value is -1.02. The molecule has 66 valence electrons. The van der Waals surface area contributed by atoms with E-state index < -0.39 is 0 Å². The highest BCUT2D eigenvalue weighted by atomic mass is 35.5. The van der Waals surface area contributed by atoms with Crippen LogP contribution in [0, 0.1) is 0 Å². The summed E-state index contributed by atoms with van der Waals surface area (Å²) < 4.78 is 5.58. The van der Waals surface area contributed by atoms with Crippen LogP contribution >= 0.6 is 11.6 Å². The Balaban J connectivity index is 2.20. The summed E-state index contributed by atoms with van der Waals surface area (Å²) in [6.07, 6.45) is 4.10. The van der Waals surface area contributed by atoms with Crippen LogP contribution in [0.5, 0.6) is 0 Å². The van der Waals surface area contributed by atoms with E-state index in [4.69, 9.17) is 16.0 Å². The molecule has 0 N–H and O–H groups in total. The Morgan fingerprint density at radius 3 is 3.00 bits per heavy atom. The second-order valence-electron chi connectivity index (χ2n) is 3.47. The van der Waals surface area contributed by atoms with Gasteiger partial charge < -0.3 is 4.42 Å². The van der Waals surface area contributed by atoms with Crippen LogP contribution in [-0.2, 0) is 0 Å². The van der Waals surface area contributed by atoms with Gasteiger partial charge in [0.25, 0.3) is 0 Å². The van der Waals surface area contributed by atoms with Crippen LogP contribution in [0.2, 0.25) is 5.02 Å². The number of furan rings is 1. The van der Waals surface area contributed by atoms with Crippen LogP contribution < -0.4 is 0 Å². The molecule has 1 fully saturated rings. The lowest BCUT2D eigenvalue weighted by molar-refractivity contribution is 0.543. The number of fused-ring (bicyclic) bond motifs is 1. The minimum atomic E-state index is 0.632. The molecular formula is C10H8ClNO. The SMILES string of the molecule is Clc1cnc2oc(C3CC3)cc2c1. The number of halogens is 1. The summed E-state index contributed by atoms with van der Waals surface area (Å²) in [6.45, 7) is 0. The average Bonchev–Trinajstić information content (AvgIpc) is 2.87. The van der Waals surface area contributed by atoms with Crippen molar-refractivity contribution in [1.29, 1.82) is 0 Å². The molecule has 2 nitrogen and oxygen atoms in total. The Morgan fingerprint density at radius 2 is 2.23 bits per heavy atom. The fourth-order valence-corrected chi connectivity index (χ4v) is 1.66. The molecule has 0 amide bonds.